The van der Waals surface area contributed by atoms with Crippen molar-refractivity contribution < 1.29 is 19.1 Å². The summed E-state index contributed by atoms with van der Waals surface area (Å²) >= 11 is 0. The summed E-state index contributed by atoms with van der Waals surface area (Å²) in [6, 6.07) is 0.279. The highest BCUT2D eigenvalue weighted by Crippen LogP contribution is 2.34. The van der Waals surface area contributed by atoms with Crippen LogP contribution in [0.4, 0.5) is 0 Å². The molecule has 196 valence electrons. The van der Waals surface area contributed by atoms with Crippen LogP contribution in [0.5, 0.6) is 0 Å². The van der Waals surface area contributed by atoms with Gasteiger partial charge in [0.15, 0.2) is 0 Å². The molecule has 0 aliphatic heterocycles. The Morgan fingerprint density at radius 1 is 0.765 bits per heavy atom. The van der Waals surface area contributed by atoms with Gasteiger partial charge in [0.25, 0.3) is 0 Å². The molecule has 0 bridgehead atoms. The van der Waals surface area contributed by atoms with Crippen LogP contribution in [-0.2, 0) is 19.1 Å². The van der Waals surface area contributed by atoms with Gasteiger partial charge >= 0.3 is 5.97 Å². The zero-order valence-corrected chi connectivity index (χ0v) is 22.6. The van der Waals surface area contributed by atoms with E-state index in [1.165, 1.54) is 20.0 Å². The molecular weight excluding hydrogens is 430 g/mol. The molecule has 2 saturated carbocycles. The van der Waals surface area contributed by atoms with Crippen molar-refractivity contribution in [2.24, 2.45) is 35.5 Å². The number of amides is 2. The van der Waals surface area contributed by atoms with Crippen molar-refractivity contribution >= 4 is 17.8 Å². The van der Waals surface area contributed by atoms with Gasteiger partial charge in [-0.3, -0.25) is 19.3 Å². The Morgan fingerprint density at radius 2 is 1.18 bits per heavy atom. The minimum Gasteiger partial charge on any atom is -0.468 e. The molecular formula is C27H49N3O4. The maximum Gasteiger partial charge on any atom is 0.319 e. The van der Waals surface area contributed by atoms with Crippen molar-refractivity contribution in [1.29, 1.82) is 0 Å². The van der Waals surface area contributed by atoms with E-state index in [1.807, 2.05) is 0 Å². The smallest absolute Gasteiger partial charge is 0.319 e. The maximum absolute atomic E-state index is 13.0. The number of esters is 1. The molecule has 2 aliphatic rings. The molecule has 0 aromatic heterocycles. The van der Waals surface area contributed by atoms with E-state index in [0.717, 1.165) is 25.7 Å². The molecule has 0 heterocycles. The Hall–Kier alpha value is -1.63. The fraction of sp³-hybridized carbons (Fsp3) is 0.889. The minimum absolute atomic E-state index is 0.00684. The molecule has 0 aromatic carbocycles. The third-order valence-electron chi connectivity index (χ3n) is 8.05. The van der Waals surface area contributed by atoms with Crippen molar-refractivity contribution in [3.63, 3.8) is 0 Å². The number of hydrogen-bond donors (Lipinski definition) is 2. The molecule has 2 rings (SSSR count). The number of nitrogens with zero attached hydrogens (tertiary/aromatic N) is 1. The first-order valence-electron chi connectivity index (χ1n) is 13.4. The van der Waals surface area contributed by atoms with E-state index in [1.54, 1.807) is 4.90 Å². The molecule has 34 heavy (non-hydrogen) atoms. The molecule has 2 aliphatic carbocycles. The Morgan fingerprint density at radius 3 is 1.53 bits per heavy atom. The second kappa shape index (κ2) is 13.5. The monoisotopic (exact) mass is 479 g/mol. The van der Waals surface area contributed by atoms with E-state index >= 15 is 0 Å². The highest BCUT2D eigenvalue weighted by molar-refractivity contribution is 5.83. The molecule has 2 N–H and O–H groups in total. The fourth-order valence-electron chi connectivity index (χ4n) is 6.06. The average molecular weight is 480 g/mol. The van der Waals surface area contributed by atoms with Gasteiger partial charge in [0, 0.05) is 12.1 Å². The minimum atomic E-state index is -0.446. The van der Waals surface area contributed by atoms with Crippen LogP contribution < -0.4 is 10.6 Å². The predicted octanol–water partition coefficient (Wildman–Crippen LogP) is 3.62. The van der Waals surface area contributed by atoms with Crippen LogP contribution in [0.1, 0.15) is 80.1 Å². The van der Waals surface area contributed by atoms with Crippen LogP contribution in [0, 0.1) is 35.5 Å². The first-order chi connectivity index (χ1) is 16.0. The fourth-order valence-corrected chi connectivity index (χ4v) is 6.06. The van der Waals surface area contributed by atoms with E-state index < -0.39 is 5.97 Å². The Bertz CT molecular complexity index is 633. The number of hydrogen-bond acceptors (Lipinski definition) is 5. The number of carbonyl (C=O) groups is 3. The first kappa shape index (κ1) is 28.6. The summed E-state index contributed by atoms with van der Waals surface area (Å²) < 4.78 is 4.82. The lowest BCUT2D eigenvalue weighted by Crippen LogP contribution is -2.52. The molecule has 0 unspecified atom stereocenters. The molecule has 7 heteroatoms. The van der Waals surface area contributed by atoms with Crippen LogP contribution in [0.15, 0.2) is 0 Å². The van der Waals surface area contributed by atoms with E-state index in [4.69, 9.17) is 4.74 Å². The van der Waals surface area contributed by atoms with E-state index in [2.05, 4.69) is 52.2 Å². The van der Waals surface area contributed by atoms with Gasteiger partial charge in [0.1, 0.15) is 0 Å². The largest absolute Gasteiger partial charge is 0.468 e. The Labute approximate surface area is 207 Å². The van der Waals surface area contributed by atoms with Crippen molar-refractivity contribution in [2.75, 3.05) is 26.7 Å². The van der Waals surface area contributed by atoms with Gasteiger partial charge in [0.2, 0.25) is 11.8 Å². The van der Waals surface area contributed by atoms with Crippen LogP contribution in [-0.4, -0.2) is 61.5 Å². The van der Waals surface area contributed by atoms with Gasteiger partial charge in [-0.15, -0.1) is 0 Å². The van der Waals surface area contributed by atoms with Crippen LogP contribution in [0.3, 0.4) is 0 Å². The summed E-state index contributed by atoms with van der Waals surface area (Å²) in [4.78, 5) is 39.6. The number of rotatable bonds is 10. The third-order valence-corrected chi connectivity index (χ3v) is 8.05. The molecule has 0 spiro atoms. The number of carbonyl (C=O) groups excluding carboxylic acids is 3. The van der Waals surface area contributed by atoms with E-state index in [0.29, 0.717) is 35.5 Å². The van der Waals surface area contributed by atoms with E-state index in [-0.39, 0.29) is 43.5 Å². The van der Waals surface area contributed by atoms with Crippen molar-refractivity contribution in [2.45, 2.75) is 92.2 Å². The second-order valence-corrected chi connectivity index (χ2v) is 11.7. The molecule has 6 atom stereocenters. The van der Waals surface area contributed by atoms with Crippen LogP contribution in [0.25, 0.3) is 0 Å². The molecule has 2 amide bonds. The maximum atomic E-state index is 13.0. The second-order valence-electron chi connectivity index (χ2n) is 11.7. The standard InChI is InChI=1S/C27H49N3O4/c1-17(2)21-10-8-19(5)12-23(21)28-25(31)14-30(16-27(33)34-7)15-26(32)29-24-13-20(6)9-11-22(24)18(3)4/h17-24H,8-16H2,1-7H3,(H,28,31)(H,29,32)/t19-,20-,21+,22+,23+,24+/m1/s1. The molecule has 2 fully saturated rings. The zero-order valence-electron chi connectivity index (χ0n) is 22.6. The summed E-state index contributed by atoms with van der Waals surface area (Å²) in [6.07, 6.45) is 6.58. The lowest BCUT2D eigenvalue weighted by molar-refractivity contribution is -0.142. The molecule has 0 saturated heterocycles. The van der Waals surface area contributed by atoms with Gasteiger partial charge in [-0.25, -0.2) is 0 Å². The topological polar surface area (TPSA) is 87.7 Å². The van der Waals surface area contributed by atoms with E-state index in [9.17, 15) is 14.4 Å². The number of ether oxygens (including phenoxy) is 1. The SMILES string of the molecule is COC(=O)CN(CC(=O)N[C@H]1C[C@H](C)CC[C@H]1C(C)C)CC(=O)N[C@H]1C[C@H](C)CC[C@H]1C(C)C. The first-order valence-corrected chi connectivity index (χ1v) is 13.4. The summed E-state index contributed by atoms with van der Waals surface area (Å²) in [5, 5.41) is 6.44. The number of methoxy groups -OCH3 is 1. The Kier molecular flexibility index (Phi) is 11.3. The van der Waals surface area contributed by atoms with Gasteiger partial charge in [-0.05, 0) is 61.2 Å². The highest BCUT2D eigenvalue weighted by atomic mass is 16.5. The van der Waals surface area contributed by atoms with Gasteiger partial charge in [-0.1, -0.05) is 54.4 Å². The lowest BCUT2D eigenvalue weighted by atomic mass is 9.74. The Balaban J connectivity index is 2.00. The predicted molar refractivity (Wildman–Crippen MR) is 135 cm³/mol. The summed E-state index contributed by atoms with van der Waals surface area (Å²) in [5.41, 5.74) is 0. The van der Waals surface area contributed by atoms with Crippen molar-refractivity contribution in [3.05, 3.63) is 0 Å². The average Bonchev–Trinajstić information content (AvgIpc) is 2.72. The summed E-state index contributed by atoms with van der Waals surface area (Å²) in [7, 11) is 1.33. The zero-order chi connectivity index (χ0) is 25.4. The highest BCUT2D eigenvalue weighted by Gasteiger charge is 2.34. The molecule has 0 aromatic rings. The summed E-state index contributed by atoms with van der Waals surface area (Å²) in [6.45, 7) is 13.3. The summed E-state index contributed by atoms with van der Waals surface area (Å²) in [5.74, 6) is 2.38. The van der Waals surface area contributed by atoms with Gasteiger partial charge in [0.05, 0.1) is 26.7 Å². The third kappa shape index (κ3) is 8.86. The van der Waals surface area contributed by atoms with Crippen molar-refractivity contribution in [3.8, 4) is 0 Å². The van der Waals surface area contributed by atoms with Gasteiger partial charge < -0.3 is 15.4 Å². The lowest BCUT2D eigenvalue weighted by Gasteiger charge is -2.38. The van der Waals surface area contributed by atoms with Gasteiger partial charge in [-0.2, -0.15) is 0 Å². The van der Waals surface area contributed by atoms with Crippen LogP contribution in [0.2, 0.25) is 0 Å². The van der Waals surface area contributed by atoms with Crippen molar-refractivity contribution in [1.82, 2.24) is 15.5 Å². The molecule has 0 radical (unpaired) electrons. The molecule has 7 nitrogen and oxygen atoms in total. The quantitative estimate of drug-likeness (QED) is 0.467. The number of nitrogens with one attached hydrogen (secondary N) is 2. The normalized spacial score (nSPS) is 29.8. The van der Waals surface area contributed by atoms with Crippen LogP contribution >= 0.6 is 0 Å².